The van der Waals surface area contributed by atoms with Crippen LogP contribution in [0.1, 0.15) is 43.0 Å². The molecule has 2 aliphatic heterocycles. The minimum absolute atomic E-state index is 0.0913. The van der Waals surface area contributed by atoms with Crippen LogP contribution < -0.4 is 4.90 Å². The Morgan fingerprint density at radius 3 is 2.77 bits per heavy atom. The van der Waals surface area contributed by atoms with Crippen LogP contribution >= 0.6 is 0 Å². The van der Waals surface area contributed by atoms with Crippen molar-refractivity contribution < 1.29 is 13.9 Å². The van der Waals surface area contributed by atoms with Crippen molar-refractivity contribution in [2.45, 2.75) is 38.1 Å². The molecule has 1 unspecified atom stereocenters. The van der Waals surface area contributed by atoms with E-state index in [0.717, 1.165) is 24.4 Å². The molecular weight excluding hydrogens is 383 g/mol. The molecule has 1 aromatic heterocycles. The number of anilines is 1. The highest BCUT2D eigenvalue weighted by atomic mass is 19.1. The smallest absolute Gasteiger partial charge is 0.229 e. The number of nitrogens with zero attached hydrogens (tertiary/aromatic N) is 4. The zero-order chi connectivity index (χ0) is 21.1. The molecule has 3 heterocycles. The van der Waals surface area contributed by atoms with E-state index in [2.05, 4.69) is 4.98 Å². The summed E-state index contributed by atoms with van der Waals surface area (Å²) in [5, 5.41) is 0. The van der Waals surface area contributed by atoms with Crippen LogP contribution in [-0.4, -0.2) is 54.6 Å². The lowest BCUT2D eigenvalue weighted by molar-refractivity contribution is -0.149. The third-order valence-electron chi connectivity index (χ3n) is 6.34. The van der Waals surface area contributed by atoms with Gasteiger partial charge in [0.15, 0.2) is 0 Å². The number of hydrogen-bond donors (Lipinski definition) is 0. The number of hydrogen-bond acceptors (Lipinski definition) is 5. The molecule has 0 radical (unpaired) electrons. The van der Waals surface area contributed by atoms with E-state index in [1.807, 2.05) is 30.0 Å². The lowest BCUT2D eigenvalue weighted by Gasteiger charge is -2.40. The average Bonchev–Trinajstić information content (AvgIpc) is 3.25. The van der Waals surface area contributed by atoms with Gasteiger partial charge in [-0.1, -0.05) is 18.2 Å². The summed E-state index contributed by atoms with van der Waals surface area (Å²) in [4.78, 5) is 26.9. The van der Waals surface area contributed by atoms with Gasteiger partial charge in [-0.05, 0) is 43.7 Å². The standard InChI is InChI=1S/C23H29FN4O2/c1-27(2)21-16-25-15-19(26-21)20-8-5-11-28(20)22(29)23(9-12-30-13-10-23)14-17-6-3-4-7-18(17)24/h3-4,6-7,15-16,20H,5,8-14H2,1-2H3. The molecule has 0 aliphatic carbocycles. The van der Waals surface area contributed by atoms with Gasteiger partial charge in [-0.2, -0.15) is 0 Å². The Labute approximate surface area is 177 Å². The number of carbonyl (C=O) groups is 1. The Morgan fingerprint density at radius 2 is 2.03 bits per heavy atom. The van der Waals surface area contributed by atoms with Crippen LogP contribution in [0.4, 0.5) is 10.2 Å². The molecule has 6 nitrogen and oxygen atoms in total. The van der Waals surface area contributed by atoms with Crippen molar-refractivity contribution in [2.24, 2.45) is 5.41 Å². The fourth-order valence-corrected chi connectivity index (χ4v) is 4.60. The largest absolute Gasteiger partial charge is 0.381 e. The number of benzene rings is 1. The van der Waals surface area contributed by atoms with E-state index in [1.165, 1.54) is 6.07 Å². The monoisotopic (exact) mass is 412 g/mol. The number of carbonyl (C=O) groups excluding carboxylic acids is 1. The molecule has 2 aliphatic rings. The Bertz CT molecular complexity index is 898. The quantitative estimate of drug-likeness (QED) is 0.754. The number of halogens is 1. The summed E-state index contributed by atoms with van der Waals surface area (Å²) in [6.07, 6.45) is 6.88. The molecule has 30 heavy (non-hydrogen) atoms. The Morgan fingerprint density at radius 1 is 1.27 bits per heavy atom. The first-order valence-corrected chi connectivity index (χ1v) is 10.6. The van der Waals surface area contributed by atoms with Crippen LogP contribution in [0.3, 0.4) is 0 Å². The van der Waals surface area contributed by atoms with Crippen molar-refractivity contribution >= 4 is 11.7 Å². The summed E-state index contributed by atoms with van der Waals surface area (Å²) in [5.74, 6) is 0.617. The van der Waals surface area contributed by atoms with Gasteiger partial charge in [0, 0.05) is 33.9 Å². The second kappa shape index (κ2) is 8.68. The van der Waals surface area contributed by atoms with Gasteiger partial charge in [-0.3, -0.25) is 9.78 Å². The van der Waals surface area contributed by atoms with E-state index in [0.29, 0.717) is 44.6 Å². The Kier molecular flexibility index (Phi) is 5.99. The molecule has 7 heteroatoms. The summed E-state index contributed by atoms with van der Waals surface area (Å²) in [5.41, 5.74) is 0.772. The fraction of sp³-hybridized carbons (Fsp3) is 0.522. The summed E-state index contributed by atoms with van der Waals surface area (Å²) in [7, 11) is 3.85. The zero-order valence-electron chi connectivity index (χ0n) is 17.7. The van der Waals surface area contributed by atoms with Gasteiger partial charge >= 0.3 is 0 Å². The van der Waals surface area contributed by atoms with E-state index in [9.17, 15) is 9.18 Å². The molecular formula is C23H29FN4O2. The van der Waals surface area contributed by atoms with Crippen LogP contribution in [0.25, 0.3) is 0 Å². The predicted octanol–water partition coefficient (Wildman–Crippen LogP) is 3.38. The van der Waals surface area contributed by atoms with E-state index in [-0.39, 0.29) is 17.8 Å². The van der Waals surface area contributed by atoms with Crippen LogP contribution in [0.5, 0.6) is 0 Å². The lowest BCUT2D eigenvalue weighted by Crippen LogP contribution is -2.48. The third kappa shape index (κ3) is 4.03. The fourth-order valence-electron chi connectivity index (χ4n) is 4.60. The molecule has 0 N–H and O–H groups in total. The minimum atomic E-state index is -0.643. The van der Waals surface area contributed by atoms with Crippen LogP contribution in [-0.2, 0) is 16.0 Å². The normalized spacial score (nSPS) is 20.9. The maximum atomic E-state index is 14.4. The first kappa shape index (κ1) is 20.7. The highest BCUT2D eigenvalue weighted by Gasteiger charge is 2.46. The maximum Gasteiger partial charge on any atom is 0.229 e. The van der Waals surface area contributed by atoms with E-state index in [4.69, 9.17) is 9.72 Å². The van der Waals surface area contributed by atoms with Gasteiger partial charge in [-0.25, -0.2) is 9.37 Å². The van der Waals surface area contributed by atoms with Crippen molar-refractivity contribution in [3.05, 3.63) is 53.7 Å². The van der Waals surface area contributed by atoms with E-state index in [1.54, 1.807) is 24.5 Å². The first-order chi connectivity index (χ1) is 14.5. The van der Waals surface area contributed by atoms with Crippen molar-refractivity contribution in [3.8, 4) is 0 Å². The second-order valence-corrected chi connectivity index (χ2v) is 8.51. The molecule has 1 amide bonds. The van der Waals surface area contributed by atoms with Crippen molar-refractivity contribution in [3.63, 3.8) is 0 Å². The maximum absolute atomic E-state index is 14.4. The number of rotatable bonds is 5. The van der Waals surface area contributed by atoms with E-state index >= 15 is 0 Å². The predicted molar refractivity (Wildman–Crippen MR) is 113 cm³/mol. The number of ether oxygens (including phenoxy) is 1. The molecule has 2 saturated heterocycles. The molecule has 2 aromatic rings. The minimum Gasteiger partial charge on any atom is -0.381 e. The summed E-state index contributed by atoms with van der Waals surface area (Å²) in [6.45, 7) is 1.74. The number of amides is 1. The molecule has 2 fully saturated rings. The molecule has 0 saturated carbocycles. The van der Waals surface area contributed by atoms with Gasteiger partial charge in [0.2, 0.25) is 5.91 Å². The van der Waals surface area contributed by atoms with Gasteiger partial charge in [0.05, 0.1) is 29.5 Å². The zero-order valence-corrected chi connectivity index (χ0v) is 17.7. The Hall–Kier alpha value is -2.54. The van der Waals surface area contributed by atoms with Crippen LogP contribution in [0, 0.1) is 11.2 Å². The van der Waals surface area contributed by atoms with Crippen LogP contribution in [0.2, 0.25) is 0 Å². The molecule has 4 rings (SSSR count). The first-order valence-electron chi connectivity index (χ1n) is 10.6. The molecule has 1 aromatic carbocycles. The molecule has 1 atom stereocenters. The summed E-state index contributed by atoms with van der Waals surface area (Å²) < 4.78 is 20.0. The second-order valence-electron chi connectivity index (χ2n) is 8.51. The molecule has 160 valence electrons. The molecule has 0 bridgehead atoms. The van der Waals surface area contributed by atoms with Gasteiger partial charge < -0.3 is 14.5 Å². The van der Waals surface area contributed by atoms with Gasteiger partial charge in [0.25, 0.3) is 0 Å². The van der Waals surface area contributed by atoms with Crippen molar-refractivity contribution in [1.82, 2.24) is 14.9 Å². The Balaban J connectivity index is 1.64. The summed E-state index contributed by atoms with van der Waals surface area (Å²) >= 11 is 0. The number of aromatic nitrogens is 2. The van der Waals surface area contributed by atoms with E-state index < -0.39 is 5.41 Å². The number of likely N-dealkylation sites (tertiary alicyclic amines) is 1. The van der Waals surface area contributed by atoms with Crippen molar-refractivity contribution in [1.29, 1.82) is 0 Å². The average molecular weight is 413 g/mol. The lowest BCUT2D eigenvalue weighted by atomic mass is 9.73. The molecule has 0 spiro atoms. The highest BCUT2D eigenvalue weighted by Crippen LogP contribution is 2.41. The third-order valence-corrected chi connectivity index (χ3v) is 6.34. The topological polar surface area (TPSA) is 58.6 Å². The van der Waals surface area contributed by atoms with Crippen LogP contribution in [0.15, 0.2) is 36.7 Å². The van der Waals surface area contributed by atoms with Gasteiger partial charge in [-0.15, -0.1) is 0 Å². The van der Waals surface area contributed by atoms with Crippen molar-refractivity contribution in [2.75, 3.05) is 38.8 Å². The van der Waals surface area contributed by atoms with Gasteiger partial charge in [0.1, 0.15) is 11.6 Å². The SMILES string of the molecule is CN(C)c1cncc(C2CCCN2C(=O)C2(Cc3ccccc3F)CCOCC2)n1. The highest BCUT2D eigenvalue weighted by molar-refractivity contribution is 5.84. The summed E-state index contributed by atoms with van der Waals surface area (Å²) in [6, 6.07) is 6.67.